The lowest BCUT2D eigenvalue weighted by Crippen LogP contribution is -2.31. The highest BCUT2D eigenvalue weighted by atomic mass is 19.2. The van der Waals surface area contributed by atoms with Gasteiger partial charge in [-0.3, -0.25) is 0 Å². The predicted octanol–water partition coefficient (Wildman–Crippen LogP) is 3.60. The number of aliphatic hydroxyl groups is 1. The molecule has 0 aliphatic carbocycles. The van der Waals surface area contributed by atoms with E-state index in [4.69, 9.17) is 10.5 Å². The minimum Gasteiger partial charge on any atom is -0.494 e. The molecule has 1 aromatic heterocycles. The van der Waals surface area contributed by atoms with Crippen molar-refractivity contribution in [2.24, 2.45) is 0 Å². The molecule has 0 unspecified atom stereocenters. The van der Waals surface area contributed by atoms with E-state index >= 15 is 0 Å². The average Bonchev–Trinajstić information content (AvgIpc) is 3.31. The van der Waals surface area contributed by atoms with E-state index in [1.165, 1.54) is 20.2 Å². The monoisotopic (exact) mass is 514 g/mol. The van der Waals surface area contributed by atoms with Crippen LogP contribution < -0.4 is 26.0 Å². The number of methoxy groups -OCH3 is 1. The third-order valence-corrected chi connectivity index (χ3v) is 6.37. The molecular formula is C25H32F2N8O2. The average molecular weight is 515 g/mol. The van der Waals surface area contributed by atoms with Crippen LogP contribution in [0.15, 0.2) is 30.6 Å². The number of hydrogen-bond acceptors (Lipinski definition) is 10. The molecule has 2 heterocycles. The zero-order valence-corrected chi connectivity index (χ0v) is 21.5. The number of aromatic nitrogens is 3. The van der Waals surface area contributed by atoms with Gasteiger partial charge in [0.1, 0.15) is 12.1 Å². The second-order valence-electron chi connectivity index (χ2n) is 9.72. The van der Waals surface area contributed by atoms with Crippen LogP contribution in [-0.4, -0.2) is 65.3 Å². The number of rotatable bonds is 8. The lowest BCUT2D eigenvalue weighted by Gasteiger charge is -2.24. The van der Waals surface area contributed by atoms with E-state index in [0.717, 1.165) is 37.3 Å². The SMILES string of the molecule is COc1cc(N2CC[C@@H](N(C)C)C2)c(N)cc1Nc1ncnc(Nc2cc(F)c(F)cc2C(C)(C)O)n1. The molecule has 3 aromatic rings. The van der Waals surface area contributed by atoms with E-state index < -0.39 is 17.2 Å². The molecule has 1 atom stereocenters. The molecule has 4 rings (SSSR count). The first-order chi connectivity index (χ1) is 17.5. The van der Waals surface area contributed by atoms with Crippen molar-refractivity contribution in [2.75, 3.05) is 55.6 Å². The fraction of sp³-hybridized carbons (Fsp3) is 0.400. The maximum Gasteiger partial charge on any atom is 0.232 e. The lowest BCUT2D eigenvalue weighted by atomic mass is 9.96. The largest absolute Gasteiger partial charge is 0.494 e. The van der Waals surface area contributed by atoms with Gasteiger partial charge in [-0.15, -0.1) is 0 Å². The predicted molar refractivity (Wildman–Crippen MR) is 140 cm³/mol. The molecule has 1 aliphatic heterocycles. The Balaban J connectivity index is 1.58. The summed E-state index contributed by atoms with van der Waals surface area (Å²) in [4.78, 5) is 17.0. The fourth-order valence-electron chi connectivity index (χ4n) is 4.32. The van der Waals surface area contributed by atoms with Crippen molar-refractivity contribution < 1.29 is 18.6 Å². The summed E-state index contributed by atoms with van der Waals surface area (Å²) in [6, 6.07) is 5.98. The minimum atomic E-state index is -1.44. The number of halogens is 2. The first-order valence-corrected chi connectivity index (χ1v) is 11.8. The first kappa shape index (κ1) is 26.3. The summed E-state index contributed by atoms with van der Waals surface area (Å²) < 4.78 is 33.4. The van der Waals surface area contributed by atoms with Gasteiger partial charge in [-0.1, -0.05) is 0 Å². The summed E-state index contributed by atoms with van der Waals surface area (Å²) in [6.45, 7) is 4.69. The zero-order chi connectivity index (χ0) is 26.9. The van der Waals surface area contributed by atoms with Crippen molar-refractivity contribution in [3.8, 4) is 5.75 Å². The van der Waals surface area contributed by atoms with Crippen molar-refractivity contribution in [2.45, 2.75) is 31.9 Å². The summed E-state index contributed by atoms with van der Waals surface area (Å²) in [5.74, 6) is -1.36. The fourth-order valence-corrected chi connectivity index (χ4v) is 4.32. The quantitative estimate of drug-likeness (QED) is 0.332. The summed E-state index contributed by atoms with van der Waals surface area (Å²) in [6.07, 6.45) is 2.31. The number of anilines is 6. The number of ether oxygens (including phenoxy) is 1. The number of nitrogens with two attached hydrogens (primary N) is 1. The van der Waals surface area contributed by atoms with E-state index in [1.807, 2.05) is 6.07 Å². The number of nitrogen functional groups attached to an aromatic ring is 1. The minimum absolute atomic E-state index is 0.0596. The maximum atomic E-state index is 13.9. The van der Waals surface area contributed by atoms with E-state index in [1.54, 1.807) is 13.2 Å². The summed E-state index contributed by atoms with van der Waals surface area (Å²) in [7, 11) is 5.71. The van der Waals surface area contributed by atoms with Gasteiger partial charge in [0, 0.05) is 36.8 Å². The van der Waals surface area contributed by atoms with Gasteiger partial charge < -0.3 is 36.0 Å². The van der Waals surface area contributed by atoms with E-state index in [-0.39, 0.29) is 23.1 Å². The number of benzene rings is 2. The summed E-state index contributed by atoms with van der Waals surface area (Å²) in [5.41, 5.74) is 7.25. The van der Waals surface area contributed by atoms with Crippen LogP contribution in [0.2, 0.25) is 0 Å². The van der Waals surface area contributed by atoms with Gasteiger partial charge in [-0.25, -0.2) is 18.7 Å². The van der Waals surface area contributed by atoms with Gasteiger partial charge in [0.2, 0.25) is 11.9 Å². The van der Waals surface area contributed by atoms with Gasteiger partial charge in [-0.05, 0) is 46.5 Å². The van der Waals surface area contributed by atoms with Crippen LogP contribution in [0.5, 0.6) is 5.75 Å². The third-order valence-electron chi connectivity index (χ3n) is 6.37. The highest BCUT2D eigenvalue weighted by Crippen LogP contribution is 2.38. The Hall–Kier alpha value is -3.77. The zero-order valence-electron chi connectivity index (χ0n) is 21.5. The highest BCUT2D eigenvalue weighted by molar-refractivity contribution is 5.79. The van der Waals surface area contributed by atoms with Crippen molar-refractivity contribution in [3.05, 3.63) is 47.8 Å². The lowest BCUT2D eigenvalue weighted by molar-refractivity contribution is 0.0789. The Labute approximate surface area is 214 Å². The topological polar surface area (TPSA) is 125 Å². The first-order valence-electron chi connectivity index (χ1n) is 11.8. The molecule has 10 nitrogen and oxygen atoms in total. The normalized spacial score (nSPS) is 15.8. The molecule has 198 valence electrons. The standard InChI is InChI=1S/C25H32F2N8O2/c1-25(2,36)15-8-16(26)17(27)9-19(15)31-23-29-13-30-24(33-23)32-20-10-18(28)21(11-22(20)37-5)35-7-6-14(12-35)34(3)4/h8-11,13-14,36H,6-7,12,28H2,1-5H3,(H2,29,30,31,32,33)/t14-/m1/s1. The molecule has 0 amide bonds. The van der Waals surface area contributed by atoms with Crippen molar-refractivity contribution in [1.82, 2.24) is 19.9 Å². The molecule has 0 saturated carbocycles. The highest BCUT2D eigenvalue weighted by Gasteiger charge is 2.27. The molecule has 2 aromatic carbocycles. The smallest absolute Gasteiger partial charge is 0.232 e. The summed E-state index contributed by atoms with van der Waals surface area (Å²) >= 11 is 0. The number of nitrogens with zero attached hydrogens (tertiary/aromatic N) is 5. The van der Waals surface area contributed by atoms with Crippen LogP contribution >= 0.6 is 0 Å². The van der Waals surface area contributed by atoms with Crippen molar-refractivity contribution in [1.29, 1.82) is 0 Å². The summed E-state index contributed by atoms with van der Waals surface area (Å²) in [5, 5.41) is 16.3. The van der Waals surface area contributed by atoms with Gasteiger partial charge in [-0.2, -0.15) is 4.98 Å². The van der Waals surface area contributed by atoms with Crippen molar-refractivity contribution in [3.63, 3.8) is 0 Å². The molecule has 5 N–H and O–H groups in total. The van der Waals surface area contributed by atoms with Crippen LogP contribution in [-0.2, 0) is 5.60 Å². The molecular weight excluding hydrogens is 482 g/mol. The Morgan fingerprint density at radius 2 is 1.73 bits per heavy atom. The van der Waals surface area contributed by atoms with Crippen LogP contribution in [0.4, 0.5) is 43.4 Å². The van der Waals surface area contributed by atoms with Gasteiger partial charge >= 0.3 is 0 Å². The molecule has 0 radical (unpaired) electrons. The van der Waals surface area contributed by atoms with E-state index in [9.17, 15) is 13.9 Å². The van der Waals surface area contributed by atoms with E-state index in [2.05, 4.69) is 49.5 Å². The molecule has 0 spiro atoms. The Morgan fingerprint density at radius 3 is 2.32 bits per heavy atom. The second kappa shape index (κ2) is 10.3. The van der Waals surface area contributed by atoms with Crippen molar-refractivity contribution >= 4 is 34.6 Å². The van der Waals surface area contributed by atoms with Crippen LogP contribution in [0.25, 0.3) is 0 Å². The molecule has 1 fully saturated rings. The number of nitrogens with one attached hydrogen (secondary N) is 2. The number of hydrogen-bond donors (Lipinski definition) is 4. The van der Waals surface area contributed by atoms with Crippen LogP contribution in [0, 0.1) is 11.6 Å². The van der Waals surface area contributed by atoms with Gasteiger partial charge in [0.05, 0.1) is 35.5 Å². The molecule has 1 saturated heterocycles. The molecule has 37 heavy (non-hydrogen) atoms. The van der Waals surface area contributed by atoms with Gasteiger partial charge in [0.25, 0.3) is 0 Å². The molecule has 0 bridgehead atoms. The van der Waals surface area contributed by atoms with Crippen LogP contribution in [0.3, 0.4) is 0 Å². The van der Waals surface area contributed by atoms with Crippen LogP contribution in [0.1, 0.15) is 25.8 Å². The Morgan fingerprint density at radius 1 is 1.08 bits per heavy atom. The Bertz CT molecular complexity index is 1280. The molecule has 12 heteroatoms. The second-order valence-corrected chi connectivity index (χ2v) is 9.72. The Kier molecular flexibility index (Phi) is 7.32. The molecule has 1 aliphatic rings. The number of likely N-dealkylation sites (N-methyl/N-ethyl adjacent to an activating group) is 1. The van der Waals surface area contributed by atoms with E-state index in [0.29, 0.717) is 23.2 Å². The van der Waals surface area contributed by atoms with Gasteiger partial charge in [0.15, 0.2) is 11.6 Å². The third kappa shape index (κ3) is 5.81. The maximum absolute atomic E-state index is 13.9.